The van der Waals surface area contributed by atoms with Gasteiger partial charge >= 0.3 is 0 Å². The zero-order valence-corrected chi connectivity index (χ0v) is 12.4. The number of benzene rings is 1. The normalized spacial score (nSPS) is 12.2. The molecule has 0 spiro atoms. The monoisotopic (exact) mass is 294 g/mol. The minimum Gasteiger partial charge on any atom is -0.354 e. The summed E-state index contributed by atoms with van der Waals surface area (Å²) in [5.74, 6) is -0.00258. The smallest absolute Gasteiger partial charge is 0.242 e. The molecule has 0 aliphatic rings. The molecule has 1 amide bonds. The number of aromatic nitrogens is 3. The van der Waals surface area contributed by atoms with E-state index in [0.717, 1.165) is 23.0 Å². The van der Waals surface area contributed by atoms with Crippen LogP contribution in [0.1, 0.15) is 18.5 Å². The maximum Gasteiger partial charge on any atom is 0.242 e. The largest absolute Gasteiger partial charge is 0.354 e. The fourth-order valence-electron chi connectivity index (χ4n) is 2.44. The van der Waals surface area contributed by atoms with Crippen molar-refractivity contribution in [1.29, 1.82) is 0 Å². The first kappa shape index (κ1) is 14.3. The number of imidazole rings is 1. The van der Waals surface area contributed by atoms with Gasteiger partial charge in [-0.25, -0.2) is 4.98 Å². The van der Waals surface area contributed by atoms with Crippen LogP contribution in [0.15, 0.2) is 55.1 Å². The molecule has 22 heavy (non-hydrogen) atoms. The van der Waals surface area contributed by atoms with Crippen molar-refractivity contribution in [2.24, 2.45) is 0 Å². The second-order valence-electron chi connectivity index (χ2n) is 5.21. The Hall–Kier alpha value is -2.69. The van der Waals surface area contributed by atoms with E-state index in [2.05, 4.69) is 15.3 Å². The quantitative estimate of drug-likeness (QED) is 0.786. The first-order valence-corrected chi connectivity index (χ1v) is 7.34. The Labute approximate surface area is 129 Å². The molecule has 5 nitrogen and oxygen atoms in total. The predicted molar refractivity (Wildman–Crippen MR) is 85.4 cm³/mol. The number of rotatable bonds is 5. The lowest BCUT2D eigenvalue weighted by Gasteiger charge is -2.14. The molecule has 1 N–H and O–H groups in total. The molecule has 0 radical (unpaired) electrons. The number of hydrogen-bond donors (Lipinski definition) is 1. The zero-order valence-electron chi connectivity index (χ0n) is 12.4. The summed E-state index contributed by atoms with van der Waals surface area (Å²) in [7, 11) is 0. The van der Waals surface area contributed by atoms with Gasteiger partial charge in [0.25, 0.3) is 0 Å². The number of fused-ring (bicyclic) bond motifs is 1. The molecule has 0 bridgehead atoms. The molecule has 0 unspecified atom stereocenters. The molecule has 3 aromatic rings. The molecule has 0 saturated carbocycles. The third-order valence-electron chi connectivity index (χ3n) is 3.74. The Morgan fingerprint density at radius 2 is 2.00 bits per heavy atom. The van der Waals surface area contributed by atoms with Gasteiger partial charge < -0.3 is 9.88 Å². The second-order valence-corrected chi connectivity index (χ2v) is 5.21. The molecule has 2 aromatic heterocycles. The van der Waals surface area contributed by atoms with Gasteiger partial charge in [-0.1, -0.05) is 12.1 Å². The van der Waals surface area contributed by atoms with Crippen molar-refractivity contribution >= 4 is 16.9 Å². The molecule has 1 atom stereocenters. The molecule has 0 fully saturated rings. The number of nitrogens with one attached hydrogen (secondary N) is 1. The summed E-state index contributed by atoms with van der Waals surface area (Å²) < 4.78 is 1.90. The summed E-state index contributed by atoms with van der Waals surface area (Å²) in [6.45, 7) is 2.50. The highest BCUT2D eigenvalue weighted by atomic mass is 16.2. The van der Waals surface area contributed by atoms with E-state index in [1.165, 1.54) is 0 Å². The van der Waals surface area contributed by atoms with Crippen molar-refractivity contribution < 1.29 is 4.79 Å². The van der Waals surface area contributed by atoms with Crippen molar-refractivity contribution in [1.82, 2.24) is 19.9 Å². The number of carbonyl (C=O) groups excluding carboxylic acids is 1. The van der Waals surface area contributed by atoms with Crippen molar-refractivity contribution in [3.63, 3.8) is 0 Å². The van der Waals surface area contributed by atoms with Crippen molar-refractivity contribution in [3.8, 4) is 0 Å². The zero-order chi connectivity index (χ0) is 15.4. The molecule has 3 rings (SSSR count). The first-order chi connectivity index (χ1) is 10.8. The van der Waals surface area contributed by atoms with Gasteiger partial charge in [0.05, 0.1) is 17.4 Å². The lowest BCUT2D eigenvalue weighted by molar-refractivity contribution is -0.123. The summed E-state index contributed by atoms with van der Waals surface area (Å²) in [5.41, 5.74) is 3.04. The second kappa shape index (κ2) is 6.39. The summed E-state index contributed by atoms with van der Waals surface area (Å²) in [6, 6.07) is 11.4. The average molecular weight is 294 g/mol. The van der Waals surface area contributed by atoms with E-state index in [1.807, 2.05) is 47.9 Å². The Morgan fingerprint density at radius 1 is 1.23 bits per heavy atom. The highest BCUT2D eigenvalue weighted by Crippen LogP contribution is 2.17. The summed E-state index contributed by atoms with van der Waals surface area (Å²) in [4.78, 5) is 20.6. The third-order valence-corrected chi connectivity index (χ3v) is 3.74. The van der Waals surface area contributed by atoms with E-state index in [-0.39, 0.29) is 11.9 Å². The van der Waals surface area contributed by atoms with Gasteiger partial charge in [0, 0.05) is 18.9 Å². The number of carbonyl (C=O) groups is 1. The van der Waals surface area contributed by atoms with Gasteiger partial charge in [-0.05, 0) is 43.2 Å². The number of para-hydroxylation sites is 2. The highest BCUT2D eigenvalue weighted by Gasteiger charge is 2.16. The third kappa shape index (κ3) is 2.98. The summed E-state index contributed by atoms with van der Waals surface area (Å²) in [6.07, 6.45) is 6.04. The minimum atomic E-state index is -0.287. The van der Waals surface area contributed by atoms with E-state index in [9.17, 15) is 4.79 Å². The standard InChI is InChI=1S/C17H18N4O/c1-13(21-12-20-15-4-2-3-5-16(15)21)17(22)19-11-8-14-6-9-18-10-7-14/h2-7,9-10,12-13H,8,11H2,1H3,(H,19,22)/t13-/m0/s1. The molecular weight excluding hydrogens is 276 g/mol. The van der Waals surface area contributed by atoms with E-state index in [1.54, 1.807) is 18.7 Å². The van der Waals surface area contributed by atoms with Crippen LogP contribution < -0.4 is 5.32 Å². The van der Waals surface area contributed by atoms with Gasteiger partial charge in [-0.3, -0.25) is 9.78 Å². The molecule has 112 valence electrons. The Kier molecular flexibility index (Phi) is 4.14. The lowest BCUT2D eigenvalue weighted by Crippen LogP contribution is -2.32. The molecule has 2 heterocycles. The first-order valence-electron chi connectivity index (χ1n) is 7.34. The highest BCUT2D eigenvalue weighted by molar-refractivity contribution is 5.83. The fourth-order valence-corrected chi connectivity index (χ4v) is 2.44. The van der Waals surface area contributed by atoms with E-state index < -0.39 is 0 Å². The van der Waals surface area contributed by atoms with Crippen LogP contribution in [0.4, 0.5) is 0 Å². The fraction of sp³-hybridized carbons (Fsp3) is 0.235. The van der Waals surface area contributed by atoms with Crippen LogP contribution in [-0.2, 0) is 11.2 Å². The number of nitrogens with zero attached hydrogens (tertiary/aromatic N) is 3. The molecule has 0 aliphatic heterocycles. The predicted octanol–water partition coefficient (Wildman–Crippen LogP) is 2.35. The minimum absolute atomic E-state index is 0.00258. The number of amides is 1. The maximum absolute atomic E-state index is 12.3. The van der Waals surface area contributed by atoms with E-state index in [0.29, 0.717) is 6.54 Å². The Morgan fingerprint density at radius 3 is 2.82 bits per heavy atom. The summed E-state index contributed by atoms with van der Waals surface area (Å²) >= 11 is 0. The molecule has 5 heteroatoms. The van der Waals surface area contributed by atoms with Crippen LogP contribution in [0.3, 0.4) is 0 Å². The number of hydrogen-bond acceptors (Lipinski definition) is 3. The van der Waals surface area contributed by atoms with Crippen LogP contribution in [0.25, 0.3) is 11.0 Å². The SMILES string of the molecule is C[C@@H](C(=O)NCCc1ccncc1)n1cnc2ccccc21. The summed E-state index contributed by atoms with van der Waals surface area (Å²) in [5, 5.41) is 2.98. The molecular formula is C17H18N4O. The van der Waals surface area contributed by atoms with Gasteiger partial charge in [-0.15, -0.1) is 0 Å². The molecule has 0 aliphatic carbocycles. The Bertz CT molecular complexity index is 766. The number of pyridine rings is 1. The van der Waals surface area contributed by atoms with Gasteiger partial charge in [0.2, 0.25) is 5.91 Å². The van der Waals surface area contributed by atoms with Crippen molar-refractivity contribution in [2.75, 3.05) is 6.54 Å². The average Bonchev–Trinajstić information content (AvgIpc) is 2.99. The van der Waals surface area contributed by atoms with Gasteiger partial charge in [0.15, 0.2) is 0 Å². The van der Waals surface area contributed by atoms with Crippen molar-refractivity contribution in [2.45, 2.75) is 19.4 Å². The molecule has 0 saturated heterocycles. The topological polar surface area (TPSA) is 59.8 Å². The maximum atomic E-state index is 12.3. The molecule has 1 aromatic carbocycles. The van der Waals surface area contributed by atoms with Crippen LogP contribution >= 0.6 is 0 Å². The van der Waals surface area contributed by atoms with Gasteiger partial charge in [-0.2, -0.15) is 0 Å². The van der Waals surface area contributed by atoms with Crippen LogP contribution in [0.2, 0.25) is 0 Å². The van der Waals surface area contributed by atoms with Crippen LogP contribution in [-0.4, -0.2) is 27.0 Å². The Balaban J connectivity index is 1.62. The van der Waals surface area contributed by atoms with Crippen LogP contribution in [0.5, 0.6) is 0 Å². The van der Waals surface area contributed by atoms with Crippen LogP contribution in [0, 0.1) is 0 Å². The van der Waals surface area contributed by atoms with E-state index >= 15 is 0 Å². The lowest BCUT2D eigenvalue weighted by atomic mass is 10.2. The van der Waals surface area contributed by atoms with Gasteiger partial charge in [0.1, 0.15) is 6.04 Å². The van der Waals surface area contributed by atoms with E-state index in [4.69, 9.17) is 0 Å². The van der Waals surface area contributed by atoms with Crippen molar-refractivity contribution in [3.05, 3.63) is 60.7 Å².